The van der Waals surface area contributed by atoms with Crippen molar-refractivity contribution in [3.05, 3.63) is 50.6 Å². The Balaban J connectivity index is 1.46. The van der Waals surface area contributed by atoms with E-state index < -0.39 is 14.3 Å². The van der Waals surface area contributed by atoms with E-state index in [4.69, 9.17) is 13.9 Å². The van der Waals surface area contributed by atoms with E-state index in [2.05, 4.69) is 49.8 Å². The van der Waals surface area contributed by atoms with E-state index in [9.17, 15) is 9.59 Å². The molecule has 2 aromatic heterocycles. The zero-order valence-corrected chi connectivity index (χ0v) is 27.3. The average Bonchev–Trinajstić information content (AvgIpc) is 3.67. The minimum absolute atomic E-state index is 0.0825. The molecule has 1 aromatic carbocycles. The fraction of sp³-hybridized carbons (Fsp3) is 0.562. The first kappa shape index (κ1) is 30.0. The smallest absolute Gasteiger partial charge is 0.343 e. The van der Waals surface area contributed by atoms with Crippen molar-refractivity contribution in [1.82, 2.24) is 9.88 Å². The van der Waals surface area contributed by atoms with Gasteiger partial charge in [0.25, 0.3) is 0 Å². The van der Waals surface area contributed by atoms with Crippen LogP contribution in [0.3, 0.4) is 0 Å². The standard InChI is InChI=1S/C32H44N2O5SSi/c1-8-38-31(36)24-19-34(20-12-13-20)28-22(29(24)35)15-14-21(30(28)37-5)27-18-23-25(10-9-11-26(23)40-27)33-16-17-39-41(6,7)32(2,3)4/h14-15,18-20,25,33H,8-13,16-17H2,1-7H3. The lowest BCUT2D eigenvalue weighted by Gasteiger charge is -2.36. The number of ether oxygens (including phenoxy) is 2. The summed E-state index contributed by atoms with van der Waals surface area (Å²) in [5, 5.41) is 4.47. The number of rotatable bonds is 10. The Hall–Kier alpha value is -2.46. The molecule has 0 bridgehead atoms. The molecule has 2 aliphatic carbocycles. The molecule has 0 spiro atoms. The summed E-state index contributed by atoms with van der Waals surface area (Å²) < 4.78 is 19.7. The molecule has 1 atom stereocenters. The first-order valence-electron chi connectivity index (χ1n) is 14.9. The molecule has 0 saturated heterocycles. The van der Waals surface area contributed by atoms with Crippen LogP contribution >= 0.6 is 11.3 Å². The Bertz CT molecular complexity index is 1500. The third-order valence-electron chi connectivity index (χ3n) is 8.93. The summed E-state index contributed by atoms with van der Waals surface area (Å²) in [6, 6.07) is 6.68. The van der Waals surface area contributed by atoms with Gasteiger partial charge in [-0.3, -0.25) is 4.79 Å². The first-order valence-corrected chi connectivity index (χ1v) is 18.6. The Morgan fingerprint density at radius 1 is 1.20 bits per heavy atom. The van der Waals surface area contributed by atoms with E-state index in [1.807, 2.05) is 23.5 Å². The highest BCUT2D eigenvalue weighted by Gasteiger charge is 2.37. The molecule has 5 rings (SSSR count). The molecule has 1 saturated carbocycles. The van der Waals surface area contributed by atoms with Gasteiger partial charge in [0.2, 0.25) is 5.43 Å². The largest absolute Gasteiger partial charge is 0.494 e. The number of methoxy groups -OCH3 is 1. The van der Waals surface area contributed by atoms with Crippen molar-refractivity contribution in [2.45, 2.75) is 90.0 Å². The molecule has 2 heterocycles. The lowest BCUT2D eigenvalue weighted by atomic mass is 9.93. The predicted octanol–water partition coefficient (Wildman–Crippen LogP) is 7.24. The van der Waals surface area contributed by atoms with E-state index in [1.165, 1.54) is 10.4 Å². The quantitative estimate of drug-likeness (QED) is 0.151. The van der Waals surface area contributed by atoms with Crippen LogP contribution in [0, 0.1) is 0 Å². The molecule has 1 N–H and O–H groups in total. The monoisotopic (exact) mass is 596 g/mol. The van der Waals surface area contributed by atoms with Gasteiger partial charge in [-0.05, 0) is 80.9 Å². The molecule has 3 aromatic rings. The summed E-state index contributed by atoms with van der Waals surface area (Å²) in [5.41, 5.74) is 2.88. The molecule has 0 amide bonds. The second kappa shape index (κ2) is 11.7. The van der Waals surface area contributed by atoms with Crippen LogP contribution in [0.4, 0.5) is 0 Å². The number of benzene rings is 1. The number of aryl methyl sites for hydroxylation is 1. The van der Waals surface area contributed by atoms with Gasteiger partial charge in [0.1, 0.15) is 5.56 Å². The molecule has 0 radical (unpaired) electrons. The van der Waals surface area contributed by atoms with Crippen LogP contribution in [0.25, 0.3) is 21.3 Å². The van der Waals surface area contributed by atoms with E-state index >= 15 is 0 Å². The maximum Gasteiger partial charge on any atom is 0.343 e. The zero-order chi connectivity index (χ0) is 29.5. The number of aromatic nitrogens is 1. The van der Waals surface area contributed by atoms with E-state index in [1.54, 1.807) is 20.2 Å². The van der Waals surface area contributed by atoms with Gasteiger partial charge in [-0.2, -0.15) is 0 Å². The van der Waals surface area contributed by atoms with E-state index in [0.717, 1.165) is 61.2 Å². The highest BCUT2D eigenvalue weighted by Crippen LogP contribution is 2.46. The van der Waals surface area contributed by atoms with Gasteiger partial charge in [-0.1, -0.05) is 20.8 Å². The van der Waals surface area contributed by atoms with Crippen molar-refractivity contribution in [2.24, 2.45) is 0 Å². The fourth-order valence-corrected chi connectivity index (χ4v) is 7.80. The van der Waals surface area contributed by atoms with E-state index in [-0.39, 0.29) is 28.7 Å². The summed E-state index contributed by atoms with van der Waals surface area (Å²) in [7, 11) is -0.0988. The number of esters is 1. The van der Waals surface area contributed by atoms with Crippen molar-refractivity contribution in [3.63, 3.8) is 0 Å². The maximum absolute atomic E-state index is 13.4. The summed E-state index contributed by atoms with van der Waals surface area (Å²) in [4.78, 5) is 28.6. The van der Waals surface area contributed by atoms with Gasteiger partial charge < -0.3 is 23.8 Å². The average molecular weight is 597 g/mol. The van der Waals surface area contributed by atoms with E-state index in [0.29, 0.717) is 17.2 Å². The van der Waals surface area contributed by atoms with Crippen LogP contribution < -0.4 is 15.5 Å². The topological polar surface area (TPSA) is 78.8 Å². The number of thiophene rings is 1. The zero-order valence-electron chi connectivity index (χ0n) is 25.5. The van der Waals surface area contributed by atoms with Crippen LogP contribution in [-0.4, -0.2) is 45.7 Å². The second-order valence-electron chi connectivity index (χ2n) is 12.8. The van der Waals surface area contributed by atoms with Crippen LogP contribution in [-0.2, 0) is 15.6 Å². The molecule has 222 valence electrons. The van der Waals surface area contributed by atoms with Gasteiger partial charge in [-0.15, -0.1) is 11.3 Å². The van der Waals surface area contributed by atoms with Gasteiger partial charge in [0.15, 0.2) is 14.1 Å². The highest BCUT2D eigenvalue weighted by atomic mass is 32.1. The molecule has 9 heteroatoms. The van der Waals surface area contributed by atoms with Crippen LogP contribution in [0.5, 0.6) is 5.75 Å². The molecule has 1 unspecified atom stereocenters. The molecule has 1 fully saturated rings. The van der Waals surface area contributed by atoms with Gasteiger partial charge in [0.05, 0.1) is 24.6 Å². The van der Waals surface area contributed by atoms with Gasteiger partial charge in [-0.25, -0.2) is 4.79 Å². The van der Waals surface area contributed by atoms with Crippen molar-refractivity contribution in [1.29, 1.82) is 0 Å². The molecular formula is C32H44N2O5SSi. The fourth-order valence-electron chi connectivity index (χ4n) is 5.47. The third-order valence-corrected chi connectivity index (χ3v) is 14.7. The van der Waals surface area contributed by atoms with Gasteiger partial charge in [0, 0.05) is 46.7 Å². The summed E-state index contributed by atoms with van der Waals surface area (Å²) in [5.74, 6) is 0.115. The highest BCUT2D eigenvalue weighted by molar-refractivity contribution is 7.15. The Morgan fingerprint density at radius 3 is 2.61 bits per heavy atom. The Morgan fingerprint density at radius 2 is 1.95 bits per heavy atom. The predicted molar refractivity (Wildman–Crippen MR) is 169 cm³/mol. The number of fused-ring (bicyclic) bond motifs is 2. The molecule has 2 aliphatic rings. The minimum Gasteiger partial charge on any atom is -0.494 e. The lowest BCUT2D eigenvalue weighted by molar-refractivity contribution is 0.0524. The first-order chi connectivity index (χ1) is 19.5. The van der Waals surface area contributed by atoms with Crippen molar-refractivity contribution in [2.75, 3.05) is 26.9 Å². The maximum atomic E-state index is 13.4. The molecule has 7 nitrogen and oxygen atoms in total. The summed E-state index contributed by atoms with van der Waals surface area (Å²) >= 11 is 1.82. The number of hydrogen-bond acceptors (Lipinski definition) is 7. The number of nitrogens with zero attached hydrogens (tertiary/aromatic N) is 1. The lowest BCUT2D eigenvalue weighted by Crippen LogP contribution is -2.42. The number of pyridine rings is 1. The number of carbonyl (C=O) groups excluding carboxylic acids is 1. The number of carbonyl (C=O) groups is 1. The normalized spacial score (nSPS) is 17.5. The number of nitrogens with one attached hydrogen (secondary N) is 1. The number of hydrogen-bond donors (Lipinski definition) is 1. The van der Waals surface area contributed by atoms with Crippen molar-refractivity contribution >= 4 is 36.5 Å². The minimum atomic E-state index is -1.76. The molecular weight excluding hydrogens is 553 g/mol. The Kier molecular flexibility index (Phi) is 8.54. The van der Waals surface area contributed by atoms with Gasteiger partial charge >= 0.3 is 5.97 Å². The SMILES string of the molecule is CCOC(=O)c1cn(C2CC2)c2c(OC)c(-c3cc4c(s3)CCCC4NCCO[Si](C)(C)C(C)(C)C)ccc2c1=O. The van der Waals surface area contributed by atoms with Crippen molar-refractivity contribution < 1.29 is 18.7 Å². The second-order valence-corrected chi connectivity index (χ2v) is 18.7. The van der Waals surface area contributed by atoms with Crippen LogP contribution in [0.2, 0.25) is 18.1 Å². The summed E-state index contributed by atoms with van der Waals surface area (Å²) in [6.45, 7) is 15.0. The Labute approximate surface area is 248 Å². The molecule has 41 heavy (non-hydrogen) atoms. The van der Waals surface area contributed by atoms with Crippen molar-refractivity contribution in [3.8, 4) is 16.2 Å². The van der Waals surface area contributed by atoms with Crippen LogP contribution in [0.1, 0.15) is 86.3 Å². The molecule has 0 aliphatic heterocycles. The summed E-state index contributed by atoms with van der Waals surface area (Å²) in [6.07, 6.45) is 7.03. The van der Waals surface area contributed by atoms with Crippen LogP contribution in [0.15, 0.2) is 29.2 Å². The third kappa shape index (κ3) is 5.91.